The first kappa shape index (κ1) is 7.82. The maximum Gasteiger partial charge on any atom is 0.0689 e. The molecular weight excluding hydrogens is 166 g/mol. The molecule has 0 aromatic carbocycles. The van der Waals surface area contributed by atoms with Gasteiger partial charge in [0.15, 0.2) is 0 Å². The summed E-state index contributed by atoms with van der Waals surface area (Å²) in [5, 5.41) is 13.1. The summed E-state index contributed by atoms with van der Waals surface area (Å²) in [6.07, 6.45) is 4.37. The molecule has 1 aromatic heterocycles. The van der Waals surface area contributed by atoms with Gasteiger partial charge in [0.05, 0.1) is 11.5 Å². The molecular formula is C10H11NS. The molecule has 1 saturated carbocycles. The van der Waals surface area contributed by atoms with E-state index in [1.807, 2.05) is 0 Å². The van der Waals surface area contributed by atoms with Gasteiger partial charge < -0.3 is 0 Å². The number of thiophene rings is 1. The van der Waals surface area contributed by atoms with E-state index in [4.69, 9.17) is 5.26 Å². The zero-order valence-corrected chi connectivity index (χ0v) is 7.73. The van der Waals surface area contributed by atoms with Crippen molar-refractivity contribution in [2.45, 2.75) is 25.7 Å². The Balaban J connectivity index is 1.88. The first-order valence-corrected chi connectivity index (χ1v) is 5.21. The van der Waals surface area contributed by atoms with E-state index in [9.17, 15) is 0 Å². The summed E-state index contributed by atoms with van der Waals surface area (Å²) in [7, 11) is 0. The topological polar surface area (TPSA) is 23.8 Å². The fourth-order valence-electron chi connectivity index (χ4n) is 1.39. The Morgan fingerprint density at radius 3 is 2.92 bits per heavy atom. The largest absolute Gasteiger partial charge is 0.198 e. The van der Waals surface area contributed by atoms with Crippen LogP contribution in [0, 0.1) is 16.7 Å². The average Bonchev–Trinajstić information content (AvgIpc) is 2.70. The third-order valence-electron chi connectivity index (χ3n) is 2.56. The summed E-state index contributed by atoms with van der Waals surface area (Å²) in [6.45, 7) is 0. The molecule has 0 amide bonds. The summed E-state index contributed by atoms with van der Waals surface area (Å²) < 4.78 is 0. The lowest BCUT2D eigenvalue weighted by Crippen LogP contribution is -1.97. The highest BCUT2D eigenvalue weighted by Crippen LogP contribution is 2.48. The molecule has 12 heavy (non-hydrogen) atoms. The zero-order chi connectivity index (χ0) is 8.44. The number of aryl methyl sites for hydroxylation is 1. The lowest BCUT2D eigenvalue weighted by atomic mass is 10.00. The van der Waals surface area contributed by atoms with Gasteiger partial charge in [-0.15, -0.1) is 0 Å². The van der Waals surface area contributed by atoms with E-state index in [1.165, 1.54) is 5.56 Å². The van der Waals surface area contributed by atoms with Crippen LogP contribution in [0.1, 0.15) is 24.8 Å². The molecule has 1 heterocycles. The average molecular weight is 177 g/mol. The number of nitrogens with zero attached hydrogens (tertiary/aromatic N) is 1. The Morgan fingerprint density at radius 2 is 2.42 bits per heavy atom. The van der Waals surface area contributed by atoms with Crippen molar-refractivity contribution >= 4 is 11.3 Å². The van der Waals surface area contributed by atoms with Crippen LogP contribution in [0.3, 0.4) is 0 Å². The molecule has 0 radical (unpaired) electrons. The van der Waals surface area contributed by atoms with E-state index in [0.29, 0.717) is 0 Å². The first-order chi connectivity index (χ1) is 5.85. The molecule has 1 fully saturated rings. The van der Waals surface area contributed by atoms with Gasteiger partial charge in [-0.05, 0) is 48.1 Å². The van der Waals surface area contributed by atoms with Gasteiger partial charge in [0.1, 0.15) is 0 Å². The first-order valence-electron chi connectivity index (χ1n) is 4.27. The van der Waals surface area contributed by atoms with E-state index in [1.54, 1.807) is 11.3 Å². The molecule has 0 N–H and O–H groups in total. The Kier molecular flexibility index (Phi) is 1.90. The molecule has 62 valence electrons. The Labute approximate surface area is 76.6 Å². The smallest absolute Gasteiger partial charge is 0.0689 e. The maximum atomic E-state index is 8.84. The van der Waals surface area contributed by atoms with Gasteiger partial charge in [-0.25, -0.2) is 0 Å². The van der Waals surface area contributed by atoms with E-state index < -0.39 is 0 Å². The molecule has 0 atom stereocenters. The number of hydrogen-bond acceptors (Lipinski definition) is 2. The van der Waals surface area contributed by atoms with Crippen LogP contribution < -0.4 is 0 Å². The molecule has 1 aromatic rings. The van der Waals surface area contributed by atoms with E-state index in [-0.39, 0.29) is 5.41 Å². The SMILES string of the molecule is N#CC1(CCc2ccsc2)CC1. The lowest BCUT2D eigenvalue weighted by Gasteiger charge is -2.02. The third-order valence-corrected chi connectivity index (χ3v) is 3.30. The van der Waals surface area contributed by atoms with Crippen molar-refractivity contribution in [2.24, 2.45) is 5.41 Å². The van der Waals surface area contributed by atoms with Crippen LogP contribution in [0.15, 0.2) is 16.8 Å². The second kappa shape index (κ2) is 2.91. The zero-order valence-electron chi connectivity index (χ0n) is 6.92. The molecule has 0 unspecified atom stereocenters. The summed E-state index contributed by atoms with van der Waals surface area (Å²) >= 11 is 1.74. The van der Waals surface area contributed by atoms with Crippen LogP contribution in [0.25, 0.3) is 0 Å². The molecule has 1 aliphatic carbocycles. The number of nitriles is 1. The summed E-state index contributed by atoms with van der Waals surface area (Å²) in [5.74, 6) is 0. The fourth-order valence-corrected chi connectivity index (χ4v) is 2.09. The van der Waals surface area contributed by atoms with Crippen molar-refractivity contribution in [3.63, 3.8) is 0 Å². The summed E-state index contributed by atoms with van der Waals surface area (Å²) in [5.41, 5.74) is 1.46. The highest BCUT2D eigenvalue weighted by Gasteiger charge is 2.42. The van der Waals surface area contributed by atoms with E-state index in [0.717, 1.165) is 25.7 Å². The molecule has 0 saturated heterocycles. The second-order valence-corrected chi connectivity index (χ2v) is 4.30. The van der Waals surface area contributed by atoms with Gasteiger partial charge in [0.25, 0.3) is 0 Å². The molecule has 2 heteroatoms. The van der Waals surface area contributed by atoms with Crippen molar-refractivity contribution in [3.05, 3.63) is 22.4 Å². The summed E-state index contributed by atoms with van der Waals surface area (Å²) in [6, 6.07) is 4.57. The van der Waals surface area contributed by atoms with Crippen molar-refractivity contribution in [1.29, 1.82) is 5.26 Å². The lowest BCUT2D eigenvalue weighted by molar-refractivity contribution is 0.598. The van der Waals surface area contributed by atoms with Crippen molar-refractivity contribution < 1.29 is 0 Å². The highest BCUT2D eigenvalue weighted by molar-refractivity contribution is 7.07. The van der Waals surface area contributed by atoms with Crippen molar-refractivity contribution in [1.82, 2.24) is 0 Å². The van der Waals surface area contributed by atoms with Crippen LogP contribution in [0.2, 0.25) is 0 Å². The van der Waals surface area contributed by atoms with Crippen LogP contribution >= 0.6 is 11.3 Å². The van der Waals surface area contributed by atoms with Gasteiger partial charge in [-0.1, -0.05) is 0 Å². The van der Waals surface area contributed by atoms with Gasteiger partial charge in [0.2, 0.25) is 0 Å². The van der Waals surface area contributed by atoms with E-state index in [2.05, 4.69) is 22.9 Å². The predicted octanol–water partition coefficient (Wildman–Crippen LogP) is 2.98. The van der Waals surface area contributed by atoms with Crippen LogP contribution in [-0.4, -0.2) is 0 Å². The summed E-state index contributed by atoms with van der Waals surface area (Å²) in [4.78, 5) is 0. The standard InChI is InChI=1S/C10H11NS/c11-8-10(4-5-10)3-1-9-2-6-12-7-9/h2,6-7H,1,3-5H2. The predicted molar refractivity (Wildman–Crippen MR) is 49.9 cm³/mol. The normalized spacial score (nSPS) is 18.6. The quantitative estimate of drug-likeness (QED) is 0.696. The van der Waals surface area contributed by atoms with Crippen LogP contribution in [0.5, 0.6) is 0 Å². The minimum atomic E-state index is 0.0714. The number of hydrogen-bond donors (Lipinski definition) is 0. The maximum absolute atomic E-state index is 8.84. The van der Waals surface area contributed by atoms with Crippen LogP contribution in [0.4, 0.5) is 0 Å². The fraction of sp³-hybridized carbons (Fsp3) is 0.500. The third kappa shape index (κ3) is 1.51. The molecule has 1 nitrogen and oxygen atoms in total. The van der Waals surface area contributed by atoms with Crippen molar-refractivity contribution in [2.75, 3.05) is 0 Å². The van der Waals surface area contributed by atoms with Crippen LogP contribution in [-0.2, 0) is 6.42 Å². The van der Waals surface area contributed by atoms with Gasteiger partial charge >= 0.3 is 0 Å². The monoisotopic (exact) mass is 177 g/mol. The highest BCUT2D eigenvalue weighted by atomic mass is 32.1. The van der Waals surface area contributed by atoms with Crippen molar-refractivity contribution in [3.8, 4) is 6.07 Å². The van der Waals surface area contributed by atoms with Gasteiger partial charge in [0, 0.05) is 0 Å². The molecule has 0 aliphatic heterocycles. The second-order valence-electron chi connectivity index (χ2n) is 3.52. The Morgan fingerprint density at radius 1 is 1.58 bits per heavy atom. The molecule has 0 spiro atoms. The van der Waals surface area contributed by atoms with Gasteiger partial charge in [-0.3, -0.25) is 0 Å². The van der Waals surface area contributed by atoms with E-state index >= 15 is 0 Å². The Bertz CT molecular complexity index is 290. The Hall–Kier alpha value is -0.810. The molecule has 1 aliphatic rings. The number of rotatable bonds is 3. The minimum Gasteiger partial charge on any atom is -0.198 e. The molecule has 0 bridgehead atoms. The molecule has 2 rings (SSSR count). The van der Waals surface area contributed by atoms with Gasteiger partial charge in [-0.2, -0.15) is 16.6 Å². The minimum absolute atomic E-state index is 0.0714.